The molecule has 2 rings (SSSR count). The Morgan fingerprint density at radius 2 is 1.83 bits per heavy atom. The van der Waals surface area contributed by atoms with Crippen molar-refractivity contribution in [2.24, 2.45) is 0 Å². The number of hydrogen-bond donors (Lipinski definition) is 1. The fourth-order valence-electron chi connectivity index (χ4n) is 2.96. The van der Waals surface area contributed by atoms with Crippen LogP contribution in [0.2, 0.25) is 10.0 Å². The molecule has 2 aromatic carbocycles. The summed E-state index contributed by atoms with van der Waals surface area (Å²) in [5.41, 5.74) is 1.65. The largest absolute Gasteiger partial charge is 0.355 e. The molecule has 8 heteroatoms. The molecule has 0 spiro atoms. The second-order valence-corrected chi connectivity index (χ2v) is 8.52. The van der Waals surface area contributed by atoms with Crippen LogP contribution in [0.4, 0.5) is 4.39 Å². The molecule has 0 aliphatic rings. The smallest absolute Gasteiger partial charge is 0.242 e. The first-order valence-electron chi connectivity index (χ1n) is 9.69. The van der Waals surface area contributed by atoms with E-state index in [0.29, 0.717) is 28.8 Å². The highest BCUT2D eigenvalue weighted by Gasteiger charge is 2.28. The molecule has 162 valence electrons. The lowest BCUT2D eigenvalue weighted by molar-refractivity contribution is -0.139. The van der Waals surface area contributed by atoms with Gasteiger partial charge in [-0.15, -0.1) is 11.8 Å². The number of halogens is 3. The van der Waals surface area contributed by atoms with Crippen LogP contribution in [0.1, 0.15) is 31.4 Å². The average molecular weight is 471 g/mol. The molecule has 4 nitrogen and oxygen atoms in total. The van der Waals surface area contributed by atoms with Gasteiger partial charge in [0.05, 0.1) is 5.75 Å². The molecule has 0 aliphatic carbocycles. The molecule has 0 aromatic heterocycles. The van der Waals surface area contributed by atoms with Crippen molar-refractivity contribution >= 4 is 46.8 Å². The van der Waals surface area contributed by atoms with Gasteiger partial charge in [-0.2, -0.15) is 0 Å². The second-order valence-electron chi connectivity index (χ2n) is 6.70. The molecule has 2 amide bonds. The van der Waals surface area contributed by atoms with E-state index >= 15 is 0 Å². The van der Waals surface area contributed by atoms with Gasteiger partial charge in [-0.1, -0.05) is 48.3 Å². The zero-order chi connectivity index (χ0) is 22.1. The third-order valence-corrected chi connectivity index (χ3v) is 6.08. The van der Waals surface area contributed by atoms with Crippen LogP contribution in [0.15, 0.2) is 42.5 Å². The van der Waals surface area contributed by atoms with Crippen molar-refractivity contribution in [1.29, 1.82) is 0 Å². The number of amides is 2. The van der Waals surface area contributed by atoms with Crippen LogP contribution in [-0.2, 0) is 21.9 Å². The van der Waals surface area contributed by atoms with E-state index in [1.807, 2.05) is 13.8 Å². The Morgan fingerprint density at radius 1 is 1.13 bits per heavy atom. The molecule has 0 aliphatic heterocycles. The molecule has 0 saturated carbocycles. The molecule has 1 N–H and O–H groups in total. The molecule has 0 fully saturated rings. The van der Waals surface area contributed by atoms with Gasteiger partial charge < -0.3 is 10.2 Å². The van der Waals surface area contributed by atoms with E-state index in [-0.39, 0.29) is 29.9 Å². The minimum absolute atomic E-state index is 0.161. The Kier molecular flexibility index (Phi) is 9.95. The first kappa shape index (κ1) is 24.5. The normalized spacial score (nSPS) is 11.8. The number of nitrogens with one attached hydrogen (secondary N) is 1. The van der Waals surface area contributed by atoms with Crippen LogP contribution in [0.3, 0.4) is 0 Å². The third kappa shape index (κ3) is 7.18. The molecule has 1 atom stereocenters. The summed E-state index contributed by atoms with van der Waals surface area (Å²) in [6, 6.07) is 10.7. The van der Waals surface area contributed by atoms with Crippen molar-refractivity contribution in [2.45, 2.75) is 38.6 Å². The zero-order valence-electron chi connectivity index (χ0n) is 17.0. The Hall–Kier alpha value is -1.76. The average Bonchev–Trinajstić information content (AvgIpc) is 2.71. The third-order valence-electron chi connectivity index (χ3n) is 4.50. The Labute approximate surface area is 191 Å². The minimum Gasteiger partial charge on any atom is -0.355 e. The van der Waals surface area contributed by atoms with Gasteiger partial charge in [0.1, 0.15) is 11.9 Å². The highest BCUT2D eigenvalue weighted by molar-refractivity contribution is 7.99. The van der Waals surface area contributed by atoms with Gasteiger partial charge in [0.25, 0.3) is 0 Å². The van der Waals surface area contributed by atoms with Crippen LogP contribution in [0.25, 0.3) is 0 Å². The van der Waals surface area contributed by atoms with E-state index in [4.69, 9.17) is 23.2 Å². The fourth-order valence-corrected chi connectivity index (χ4v) is 4.30. The lowest BCUT2D eigenvalue weighted by atomic mass is 10.1. The van der Waals surface area contributed by atoms with E-state index in [1.54, 1.807) is 35.2 Å². The van der Waals surface area contributed by atoms with E-state index in [1.165, 1.54) is 23.9 Å². The summed E-state index contributed by atoms with van der Waals surface area (Å²) in [4.78, 5) is 27.2. The Morgan fingerprint density at radius 3 is 2.43 bits per heavy atom. The Bertz CT molecular complexity index is 865. The molecular weight excluding hydrogens is 446 g/mol. The summed E-state index contributed by atoms with van der Waals surface area (Å²) >= 11 is 13.7. The molecule has 0 unspecified atom stereocenters. The van der Waals surface area contributed by atoms with E-state index < -0.39 is 6.04 Å². The summed E-state index contributed by atoms with van der Waals surface area (Å²) in [6.07, 6.45) is 0.478. The number of carbonyl (C=O) groups is 2. The molecule has 0 heterocycles. The quantitative estimate of drug-likeness (QED) is 0.511. The lowest BCUT2D eigenvalue weighted by Gasteiger charge is -2.30. The van der Waals surface area contributed by atoms with Crippen molar-refractivity contribution in [3.63, 3.8) is 0 Å². The summed E-state index contributed by atoms with van der Waals surface area (Å²) in [5.74, 6) is 0.115. The minimum atomic E-state index is -0.601. The van der Waals surface area contributed by atoms with Crippen molar-refractivity contribution < 1.29 is 14.0 Å². The highest BCUT2D eigenvalue weighted by Crippen LogP contribution is 2.24. The second kappa shape index (κ2) is 12.2. The maximum Gasteiger partial charge on any atom is 0.242 e. The van der Waals surface area contributed by atoms with Crippen LogP contribution in [-0.4, -0.2) is 35.1 Å². The molecule has 0 bridgehead atoms. The predicted octanol–water partition coefficient (Wildman–Crippen LogP) is 5.31. The first-order valence-corrected chi connectivity index (χ1v) is 11.6. The van der Waals surface area contributed by atoms with E-state index in [2.05, 4.69) is 5.32 Å². The maximum atomic E-state index is 13.1. The van der Waals surface area contributed by atoms with E-state index in [0.717, 1.165) is 11.1 Å². The van der Waals surface area contributed by atoms with Crippen molar-refractivity contribution in [2.75, 3.05) is 12.3 Å². The number of rotatable bonds is 10. The molecule has 0 saturated heterocycles. The van der Waals surface area contributed by atoms with Crippen molar-refractivity contribution in [1.82, 2.24) is 10.2 Å². The van der Waals surface area contributed by atoms with Crippen LogP contribution in [0, 0.1) is 5.82 Å². The summed E-state index contributed by atoms with van der Waals surface area (Å²) < 4.78 is 13.0. The SMILES string of the molecule is CCNC(=O)[C@H](CC)N(Cc1ccc(Cl)cc1Cl)C(=O)CSCc1ccc(F)cc1. The van der Waals surface area contributed by atoms with Crippen LogP contribution < -0.4 is 5.32 Å². The van der Waals surface area contributed by atoms with Gasteiger partial charge >= 0.3 is 0 Å². The highest BCUT2D eigenvalue weighted by atomic mass is 35.5. The molecule has 0 radical (unpaired) electrons. The lowest BCUT2D eigenvalue weighted by Crippen LogP contribution is -2.49. The topological polar surface area (TPSA) is 49.4 Å². The molecule has 2 aromatic rings. The van der Waals surface area contributed by atoms with Gasteiger partial charge in [-0.25, -0.2) is 4.39 Å². The summed E-state index contributed by atoms with van der Waals surface area (Å²) in [7, 11) is 0. The zero-order valence-corrected chi connectivity index (χ0v) is 19.3. The number of thioether (sulfide) groups is 1. The molecular formula is C22H25Cl2FN2O2S. The van der Waals surface area contributed by atoms with Gasteiger partial charge in [0.2, 0.25) is 11.8 Å². The van der Waals surface area contributed by atoms with Gasteiger partial charge in [-0.3, -0.25) is 9.59 Å². The van der Waals surface area contributed by atoms with Crippen LogP contribution >= 0.6 is 35.0 Å². The van der Waals surface area contributed by atoms with Gasteiger partial charge in [-0.05, 0) is 48.7 Å². The van der Waals surface area contributed by atoms with Crippen molar-refractivity contribution in [3.8, 4) is 0 Å². The summed E-state index contributed by atoms with van der Waals surface area (Å²) in [5, 5.41) is 3.76. The standard InChI is InChI=1S/C22H25Cl2FN2O2S/c1-3-20(22(29)26-4-2)27(12-16-7-8-17(23)11-19(16)24)21(28)14-30-13-15-5-9-18(25)10-6-15/h5-11,20H,3-4,12-14H2,1-2H3,(H,26,29)/t20-/m0/s1. The molecule has 30 heavy (non-hydrogen) atoms. The summed E-state index contributed by atoms with van der Waals surface area (Å²) in [6.45, 7) is 4.40. The van der Waals surface area contributed by atoms with Crippen molar-refractivity contribution in [3.05, 3.63) is 69.5 Å². The number of benzene rings is 2. The Balaban J connectivity index is 2.14. The van der Waals surface area contributed by atoms with Gasteiger partial charge in [0, 0.05) is 28.9 Å². The maximum absolute atomic E-state index is 13.1. The fraction of sp³-hybridized carbons (Fsp3) is 0.364. The van der Waals surface area contributed by atoms with Gasteiger partial charge in [0.15, 0.2) is 0 Å². The van der Waals surface area contributed by atoms with Crippen LogP contribution in [0.5, 0.6) is 0 Å². The number of carbonyl (C=O) groups excluding carboxylic acids is 2. The number of likely N-dealkylation sites (N-methyl/N-ethyl adjacent to an activating group) is 1. The first-order chi connectivity index (χ1) is 14.3. The van der Waals surface area contributed by atoms with E-state index in [9.17, 15) is 14.0 Å². The number of nitrogens with zero attached hydrogens (tertiary/aromatic N) is 1. The monoisotopic (exact) mass is 470 g/mol. The predicted molar refractivity (Wildman–Crippen MR) is 122 cm³/mol. The number of hydrogen-bond acceptors (Lipinski definition) is 3.